The lowest BCUT2D eigenvalue weighted by Gasteiger charge is -2.18. The summed E-state index contributed by atoms with van der Waals surface area (Å²) in [5, 5.41) is 0. The maximum absolute atomic E-state index is 13.7. The van der Waals surface area contributed by atoms with Gasteiger partial charge in [0.05, 0.1) is 12.6 Å². The molecule has 0 aromatic heterocycles. The number of rotatable bonds is 6. The van der Waals surface area contributed by atoms with Gasteiger partial charge in [0.1, 0.15) is 5.75 Å². The van der Waals surface area contributed by atoms with Crippen LogP contribution in [-0.4, -0.2) is 25.4 Å². The molecule has 0 aliphatic rings. The van der Waals surface area contributed by atoms with Crippen LogP contribution in [0.25, 0.3) is 0 Å². The van der Waals surface area contributed by atoms with Crippen molar-refractivity contribution in [2.75, 3.05) is 6.61 Å². The van der Waals surface area contributed by atoms with Crippen LogP contribution in [0.15, 0.2) is 24.3 Å². The number of carbonyl (C=O) groups excluding carboxylic acids is 1. The molecule has 0 aliphatic carbocycles. The Kier molecular flexibility index (Phi) is 8.02. The lowest BCUT2D eigenvalue weighted by atomic mass is 10.0. The van der Waals surface area contributed by atoms with Crippen LogP contribution in [0, 0.1) is 0 Å². The molecule has 0 saturated carbocycles. The largest absolute Gasteiger partial charge is 0.464 e. The molecule has 1 aromatic carbocycles. The summed E-state index contributed by atoms with van der Waals surface area (Å²) in [5.74, 6) is -1.40. The van der Waals surface area contributed by atoms with E-state index in [9.17, 15) is 18.0 Å². The summed E-state index contributed by atoms with van der Waals surface area (Å²) in [5.41, 5.74) is 5.52. The van der Waals surface area contributed by atoms with E-state index in [1.54, 1.807) is 0 Å². The maximum atomic E-state index is 13.7. The van der Waals surface area contributed by atoms with Crippen LogP contribution >= 0.6 is 12.4 Å². The lowest BCUT2D eigenvalue weighted by molar-refractivity contribution is -0.149. The normalized spacial score (nSPS) is 13.3. The molecule has 0 saturated heterocycles. The number of ether oxygens (including phenoxy) is 2. The van der Waals surface area contributed by atoms with Crippen LogP contribution in [-0.2, 0) is 9.53 Å². The van der Waals surface area contributed by atoms with Crippen molar-refractivity contribution in [3.05, 3.63) is 29.8 Å². The summed E-state index contributed by atoms with van der Waals surface area (Å²) >= 11 is 0. The first-order valence-electron chi connectivity index (χ1n) is 5.57. The molecule has 0 radical (unpaired) electrons. The Morgan fingerprint density at radius 2 is 1.90 bits per heavy atom. The van der Waals surface area contributed by atoms with Crippen LogP contribution in [0.2, 0.25) is 0 Å². The average Bonchev–Trinajstić information content (AvgIpc) is 2.37. The molecule has 0 aliphatic heterocycles. The Labute approximate surface area is 120 Å². The molecule has 0 heterocycles. The van der Waals surface area contributed by atoms with Gasteiger partial charge >= 0.3 is 12.6 Å². The Morgan fingerprint density at radius 3 is 2.45 bits per heavy atom. The van der Waals surface area contributed by atoms with Gasteiger partial charge in [-0.15, -0.1) is 12.4 Å². The Morgan fingerprint density at radius 1 is 1.30 bits per heavy atom. The number of hydrogen-bond donors (Lipinski definition) is 1. The summed E-state index contributed by atoms with van der Waals surface area (Å²) in [7, 11) is 0. The number of alkyl halides is 3. The number of esters is 1. The van der Waals surface area contributed by atoms with Gasteiger partial charge in [0.15, 0.2) is 0 Å². The first kappa shape index (κ1) is 18.5. The van der Waals surface area contributed by atoms with E-state index in [-0.39, 0.29) is 30.3 Å². The number of halogens is 4. The number of para-hydroxylation sites is 1. The SMILES string of the molecule is CCOC(=O)C(F)[C@H](N)c1ccccc1OC(F)F.Cl. The Balaban J connectivity index is 0.00000361. The third-order valence-electron chi connectivity index (χ3n) is 2.32. The van der Waals surface area contributed by atoms with E-state index in [4.69, 9.17) is 5.73 Å². The van der Waals surface area contributed by atoms with Gasteiger partial charge in [-0.3, -0.25) is 0 Å². The summed E-state index contributed by atoms with van der Waals surface area (Å²) in [4.78, 5) is 11.2. The number of benzene rings is 1. The summed E-state index contributed by atoms with van der Waals surface area (Å²) < 4.78 is 46.8. The van der Waals surface area contributed by atoms with Gasteiger partial charge < -0.3 is 15.2 Å². The van der Waals surface area contributed by atoms with E-state index in [2.05, 4.69) is 9.47 Å². The van der Waals surface area contributed by atoms with Crippen molar-refractivity contribution < 1.29 is 27.4 Å². The van der Waals surface area contributed by atoms with Crippen LogP contribution < -0.4 is 10.5 Å². The highest BCUT2D eigenvalue weighted by Crippen LogP contribution is 2.28. The standard InChI is InChI=1S/C12H14F3NO3.ClH/c1-2-18-11(17)9(13)10(16)7-5-3-4-6-8(7)19-12(14)15;/h3-6,9-10,12H,2,16H2,1H3;1H/t9?,10-;/m1./s1. The molecule has 1 rings (SSSR count). The topological polar surface area (TPSA) is 61.5 Å². The third-order valence-corrected chi connectivity index (χ3v) is 2.32. The van der Waals surface area contributed by atoms with E-state index >= 15 is 0 Å². The van der Waals surface area contributed by atoms with Crippen LogP contribution in [0.3, 0.4) is 0 Å². The third kappa shape index (κ3) is 4.90. The van der Waals surface area contributed by atoms with E-state index in [0.717, 1.165) is 0 Å². The minimum absolute atomic E-state index is 0. The highest BCUT2D eigenvalue weighted by molar-refractivity contribution is 5.85. The maximum Gasteiger partial charge on any atom is 0.387 e. The molecular formula is C12H15ClF3NO3. The molecule has 1 unspecified atom stereocenters. The molecule has 2 atom stereocenters. The fourth-order valence-electron chi connectivity index (χ4n) is 1.49. The van der Waals surface area contributed by atoms with Gasteiger partial charge in [-0.2, -0.15) is 8.78 Å². The monoisotopic (exact) mass is 313 g/mol. The second kappa shape index (κ2) is 8.65. The molecular weight excluding hydrogens is 299 g/mol. The second-order valence-corrected chi connectivity index (χ2v) is 3.60. The van der Waals surface area contributed by atoms with E-state index in [1.165, 1.54) is 31.2 Å². The van der Waals surface area contributed by atoms with Gasteiger partial charge in [-0.1, -0.05) is 18.2 Å². The van der Waals surface area contributed by atoms with E-state index in [0.29, 0.717) is 0 Å². The summed E-state index contributed by atoms with van der Waals surface area (Å²) in [6.45, 7) is -1.54. The number of carbonyl (C=O) groups is 1. The highest BCUT2D eigenvalue weighted by atomic mass is 35.5. The smallest absolute Gasteiger partial charge is 0.387 e. The van der Waals surface area contributed by atoms with Crippen LogP contribution in [0.4, 0.5) is 13.2 Å². The second-order valence-electron chi connectivity index (χ2n) is 3.60. The van der Waals surface area contributed by atoms with Crippen molar-refractivity contribution in [3.8, 4) is 5.75 Å². The van der Waals surface area contributed by atoms with Gasteiger partial charge in [0, 0.05) is 5.56 Å². The fraction of sp³-hybridized carbons (Fsp3) is 0.417. The molecule has 1 aromatic rings. The predicted octanol–water partition coefficient (Wildman–Crippen LogP) is 2.61. The number of hydrogen-bond acceptors (Lipinski definition) is 4. The molecule has 0 fully saturated rings. The predicted molar refractivity (Wildman–Crippen MR) is 68.8 cm³/mol. The van der Waals surface area contributed by atoms with Gasteiger partial charge in [-0.05, 0) is 13.0 Å². The molecule has 0 spiro atoms. The van der Waals surface area contributed by atoms with Crippen molar-refractivity contribution in [1.82, 2.24) is 0 Å². The zero-order valence-corrected chi connectivity index (χ0v) is 11.4. The average molecular weight is 314 g/mol. The van der Waals surface area contributed by atoms with Crippen molar-refractivity contribution in [2.45, 2.75) is 25.7 Å². The summed E-state index contributed by atoms with van der Waals surface area (Å²) in [6.07, 6.45) is -2.15. The van der Waals surface area contributed by atoms with Crippen molar-refractivity contribution in [3.63, 3.8) is 0 Å². The molecule has 4 nitrogen and oxygen atoms in total. The van der Waals surface area contributed by atoms with Gasteiger partial charge in [0.2, 0.25) is 6.17 Å². The van der Waals surface area contributed by atoms with Gasteiger partial charge in [0.25, 0.3) is 0 Å². The molecule has 0 amide bonds. The molecule has 2 N–H and O–H groups in total. The summed E-state index contributed by atoms with van der Waals surface area (Å²) in [6, 6.07) is 4.01. The minimum atomic E-state index is -3.06. The zero-order chi connectivity index (χ0) is 14.4. The Bertz CT molecular complexity index is 434. The lowest BCUT2D eigenvalue weighted by Crippen LogP contribution is -2.32. The van der Waals surface area contributed by atoms with Crippen molar-refractivity contribution in [1.29, 1.82) is 0 Å². The van der Waals surface area contributed by atoms with Crippen molar-refractivity contribution >= 4 is 18.4 Å². The molecule has 114 valence electrons. The van der Waals surface area contributed by atoms with E-state index in [1.807, 2.05) is 0 Å². The number of nitrogens with two attached hydrogens (primary N) is 1. The first-order valence-corrected chi connectivity index (χ1v) is 5.57. The molecule has 0 bridgehead atoms. The van der Waals surface area contributed by atoms with Crippen LogP contribution in [0.5, 0.6) is 5.75 Å². The minimum Gasteiger partial charge on any atom is -0.464 e. The Hall–Kier alpha value is -1.47. The first-order chi connectivity index (χ1) is 8.97. The molecule has 8 heteroatoms. The van der Waals surface area contributed by atoms with Gasteiger partial charge in [-0.25, -0.2) is 9.18 Å². The highest BCUT2D eigenvalue weighted by Gasteiger charge is 2.30. The quantitative estimate of drug-likeness (QED) is 0.820. The molecule has 20 heavy (non-hydrogen) atoms. The van der Waals surface area contributed by atoms with Crippen LogP contribution in [0.1, 0.15) is 18.5 Å². The van der Waals surface area contributed by atoms with Crippen molar-refractivity contribution in [2.24, 2.45) is 5.73 Å². The zero-order valence-electron chi connectivity index (χ0n) is 10.6. The van der Waals surface area contributed by atoms with E-state index < -0.39 is 24.8 Å². The fourth-order valence-corrected chi connectivity index (χ4v) is 1.49.